The smallest absolute Gasteiger partial charge is 0.175 e. The number of anilines is 3. The van der Waals surface area contributed by atoms with E-state index in [0.29, 0.717) is 11.5 Å². The molecule has 3 aromatic rings. The molecule has 0 amide bonds. The van der Waals surface area contributed by atoms with Gasteiger partial charge in [0.1, 0.15) is 11.6 Å². The lowest BCUT2D eigenvalue weighted by Gasteiger charge is -2.25. The minimum atomic E-state index is -3.25. The van der Waals surface area contributed by atoms with Gasteiger partial charge in [0.25, 0.3) is 0 Å². The number of sulfone groups is 1. The largest absolute Gasteiger partial charge is 0.455 e. The molecule has 162 valence electrons. The van der Waals surface area contributed by atoms with Crippen LogP contribution in [0.25, 0.3) is 0 Å². The molecule has 0 unspecified atom stereocenters. The Labute approximate surface area is 182 Å². The average Bonchev–Trinajstić information content (AvgIpc) is 2.77. The van der Waals surface area contributed by atoms with Gasteiger partial charge in [-0.15, -0.1) is 0 Å². The van der Waals surface area contributed by atoms with E-state index in [-0.39, 0.29) is 10.9 Å². The lowest BCUT2D eigenvalue weighted by molar-refractivity contribution is 0.0904. The third kappa shape index (κ3) is 5.74. The Morgan fingerprint density at radius 3 is 2.48 bits per heavy atom. The summed E-state index contributed by atoms with van der Waals surface area (Å²) in [6.45, 7) is 1.46. The SMILES string of the molecule is CS(=O)(=O)c1ccc(Oc2ccc(Nc3ccccn3)cc2NC2CCOCC2)cc1. The van der Waals surface area contributed by atoms with Crippen molar-refractivity contribution in [2.24, 2.45) is 0 Å². The summed E-state index contributed by atoms with van der Waals surface area (Å²) in [5.41, 5.74) is 1.73. The number of hydrogen-bond acceptors (Lipinski definition) is 7. The van der Waals surface area contributed by atoms with Crippen molar-refractivity contribution in [2.45, 2.75) is 23.8 Å². The van der Waals surface area contributed by atoms with Gasteiger partial charge < -0.3 is 20.1 Å². The van der Waals surface area contributed by atoms with Crippen molar-refractivity contribution < 1.29 is 17.9 Å². The highest BCUT2D eigenvalue weighted by molar-refractivity contribution is 7.90. The number of nitrogens with one attached hydrogen (secondary N) is 2. The standard InChI is InChI=1S/C23H25N3O4S/c1-31(27,28)20-8-6-19(7-9-20)30-22-10-5-18(26-23-4-2-3-13-24-23)16-21(22)25-17-11-14-29-15-12-17/h2-10,13,16-17,25H,11-12,14-15H2,1H3,(H,24,26). The summed E-state index contributed by atoms with van der Waals surface area (Å²) in [6.07, 6.45) is 4.76. The van der Waals surface area contributed by atoms with E-state index in [0.717, 1.165) is 43.2 Å². The fourth-order valence-electron chi connectivity index (χ4n) is 3.34. The molecule has 7 nitrogen and oxygen atoms in total. The highest BCUT2D eigenvalue weighted by Gasteiger charge is 2.17. The number of hydrogen-bond donors (Lipinski definition) is 2. The molecule has 0 atom stereocenters. The number of aromatic nitrogens is 1. The zero-order chi connectivity index (χ0) is 21.7. The maximum absolute atomic E-state index is 11.7. The molecule has 1 saturated heterocycles. The molecule has 1 aliphatic rings. The Morgan fingerprint density at radius 2 is 1.81 bits per heavy atom. The van der Waals surface area contributed by atoms with Gasteiger partial charge in [0.2, 0.25) is 0 Å². The summed E-state index contributed by atoms with van der Waals surface area (Å²) in [7, 11) is -3.25. The van der Waals surface area contributed by atoms with Crippen LogP contribution in [0.3, 0.4) is 0 Å². The molecule has 2 aromatic carbocycles. The first-order valence-corrected chi connectivity index (χ1v) is 12.0. The molecule has 0 saturated carbocycles. The predicted octanol–water partition coefficient (Wildman–Crippen LogP) is 4.61. The molecule has 1 aromatic heterocycles. The maximum Gasteiger partial charge on any atom is 0.175 e. The first kappa shape index (κ1) is 21.1. The third-order valence-corrected chi connectivity index (χ3v) is 6.11. The van der Waals surface area contributed by atoms with Crippen LogP contribution < -0.4 is 15.4 Å². The van der Waals surface area contributed by atoms with Crippen LogP contribution in [-0.2, 0) is 14.6 Å². The molecule has 0 spiro atoms. The summed E-state index contributed by atoms with van der Waals surface area (Å²) in [5.74, 6) is 1.97. The fraction of sp³-hybridized carbons (Fsp3) is 0.261. The lowest BCUT2D eigenvalue weighted by atomic mass is 10.1. The van der Waals surface area contributed by atoms with Crippen LogP contribution in [0.15, 0.2) is 71.8 Å². The first-order valence-electron chi connectivity index (χ1n) is 10.1. The van der Waals surface area contributed by atoms with E-state index in [1.807, 2.05) is 36.4 Å². The van der Waals surface area contributed by atoms with Crippen LogP contribution in [0.5, 0.6) is 11.5 Å². The summed E-state index contributed by atoms with van der Waals surface area (Å²) >= 11 is 0. The van der Waals surface area contributed by atoms with Gasteiger partial charge >= 0.3 is 0 Å². The van der Waals surface area contributed by atoms with Crippen molar-refractivity contribution in [3.63, 3.8) is 0 Å². The number of nitrogens with zero attached hydrogens (tertiary/aromatic N) is 1. The van der Waals surface area contributed by atoms with Crippen molar-refractivity contribution in [3.8, 4) is 11.5 Å². The van der Waals surface area contributed by atoms with Crippen molar-refractivity contribution in [2.75, 3.05) is 30.1 Å². The lowest BCUT2D eigenvalue weighted by Crippen LogP contribution is -2.28. The molecule has 0 aliphatic carbocycles. The van der Waals surface area contributed by atoms with Gasteiger partial charge in [0.05, 0.1) is 10.6 Å². The molecule has 1 fully saturated rings. The quantitative estimate of drug-likeness (QED) is 0.555. The zero-order valence-corrected chi connectivity index (χ0v) is 18.1. The molecule has 31 heavy (non-hydrogen) atoms. The van der Waals surface area contributed by atoms with Gasteiger partial charge in [-0.25, -0.2) is 13.4 Å². The zero-order valence-electron chi connectivity index (χ0n) is 17.2. The highest BCUT2D eigenvalue weighted by Crippen LogP contribution is 2.34. The van der Waals surface area contributed by atoms with E-state index in [9.17, 15) is 8.42 Å². The fourth-order valence-corrected chi connectivity index (χ4v) is 3.97. The minimum absolute atomic E-state index is 0.260. The average molecular weight is 440 g/mol. The Morgan fingerprint density at radius 1 is 1.03 bits per heavy atom. The van der Waals surface area contributed by atoms with Gasteiger partial charge in [-0.2, -0.15) is 0 Å². The van der Waals surface area contributed by atoms with Crippen LogP contribution in [-0.4, -0.2) is 38.9 Å². The van der Waals surface area contributed by atoms with Crippen LogP contribution in [0.4, 0.5) is 17.2 Å². The minimum Gasteiger partial charge on any atom is -0.455 e. The molecule has 0 bridgehead atoms. The Balaban J connectivity index is 1.58. The second-order valence-corrected chi connectivity index (χ2v) is 9.44. The topological polar surface area (TPSA) is 89.6 Å². The number of ether oxygens (including phenoxy) is 2. The van der Waals surface area contributed by atoms with Crippen molar-refractivity contribution in [1.29, 1.82) is 0 Å². The summed E-state index contributed by atoms with van der Waals surface area (Å²) in [6, 6.07) is 18.2. The van der Waals surface area contributed by atoms with E-state index in [4.69, 9.17) is 9.47 Å². The molecular formula is C23H25N3O4S. The normalized spacial score (nSPS) is 14.7. The van der Waals surface area contributed by atoms with E-state index in [1.165, 1.54) is 6.26 Å². The number of pyridine rings is 1. The second-order valence-electron chi connectivity index (χ2n) is 7.43. The molecule has 2 N–H and O–H groups in total. The molecule has 1 aliphatic heterocycles. The third-order valence-electron chi connectivity index (χ3n) is 4.98. The van der Waals surface area contributed by atoms with Gasteiger partial charge in [-0.3, -0.25) is 0 Å². The van der Waals surface area contributed by atoms with Gasteiger partial charge in [0.15, 0.2) is 15.6 Å². The van der Waals surface area contributed by atoms with Crippen LogP contribution in [0.2, 0.25) is 0 Å². The molecule has 0 radical (unpaired) electrons. The first-order chi connectivity index (χ1) is 15.0. The van der Waals surface area contributed by atoms with E-state index in [2.05, 4.69) is 15.6 Å². The monoisotopic (exact) mass is 439 g/mol. The van der Waals surface area contributed by atoms with Gasteiger partial charge in [-0.1, -0.05) is 6.07 Å². The summed E-state index contributed by atoms with van der Waals surface area (Å²) in [4.78, 5) is 4.57. The van der Waals surface area contributed by atoms with Crippen molar-refractivity contribution >= 4 is 27.0 Å². The van der Waals surface area contributed by atoms with Gasteiger partial charge in [-0.05, 0) is 67.4 Å². The van der Waals surface area contributed by atoms with Crippen LogP contribution in [0, 0.1) is 0 Å². The molecule has 2 heterocycles. The van der Waals surface area contributed by atoms with Gasteiger partial charge in [0, 0.05) is 37.4 Å². The Hall–Kier alpha value is -3.10. The van der Waals surface area contributed by atoms with Crippen molar-refractivity contribution in [3.05, 3.63) is 66.9 Å². The number of rotatable bonds is 7. The van der Waals surface area contributed by atoms with Crippen LogP contribution in [0.1, 0.15) is 12.8 Å². The number of benzene rings is 2. The summed E-state index contributed by atoms with van der Waals surface area (Å²) < 4.78 is 34.9. The molecular weight excluding hydrogens is 414 g/mol. The van der Waals surface area contributed by atoms with Crippen molar-refractivity contribution in [1.82, 2.24) is 4.98 Å². The highest BCUT2D eigenvalue weighted by atomic mass is 32.2. The Bertz CT molecular complexity index is 1110. The predicted molar refractivity (Wildman–Crippen MR) is 121 cm³/mol. The molecule has 8 heteroatoms. The Kier molecular flexibility index (Phi) is 6.39. The van der Waals surface area contributed by atoms with Crippen LogP contribution >= 0.6 is 0 Å². The van der Waals surface area contributed by atoms with E-state index >= 15 is 0 Å². The summed E-state index contributed by atoms with van der Waals surface area (Å²) in [5, 5.41) is 6.87. The van der Waals surface area contributed by atoms with E-state index in [1.54, 1.807) is 30.5 Å². The van der Waals surface area contributed by atoms with E-state index < -0.39 is 9.84 Å². The second kappa shape index (κ2) is 9.36. The molecule has 4 rings (SSSR count). The maximum atomic E-state index is 11.7.